The lowest BCUT2D eigenvalue weighted by atomic mass is 10.1. The normalized spacial score (nSPS) is 10.7. The van der Waals surface area contributed by atoms with Crippen LogP contribution in [0.5, 0.6) is 0 Å². The van der Waals surface area contributed by atoms with Crippen LogP contribution in [0, 0.1) is 0 Å². The van der Waals surface area contributed by atoms with Crippen molar-refractivity contribution in [1.82, 2.24) is 9.97 Å². The molecule has 0 aliphatic heterocycles. The summed E-state index contributed by atoms with van der Waals surface area (Å²) in [5.74, 6) is 0. The Balaban J connectivity index is 2.36. The van der Waals surface area contributed by atoms with Crippen LogP contribution < -0.4 is 0 Å². The van der Waals surface area contributed by atoms with Gasteiger partial charge >= 0.3 is 0 Å². The number of hydrogen-bond acceptors (Lipinski definition) is 3. The van der Waals surface area contributed by atoms with Crippen molar-refractivity contribution in [2.75, 3.05) is 0 Å². The fraction of sp³-hybridized carbons (Fsp3) is 0. The maximum Gasteiger partial charge on any atom is 0.253 e. The molecule has 0 fully saturated rings. The van der Waals surface area contributed by atoms with E-state index in [0.29, 0.717) is 27.2 Å². The zero-order valence-corrected chi connectivity index (χ0v) is 11.7. The highest BCUT2D eigenvalue weighted by atomic mass is 35.5. The minimum absolute atomic E-state index is 0.394. The first-order valence-electron chi connectivity index (χ1n) is 5.86. The summed E-state index contributed by atoms with van der Waals surface area (Å²) in [5.41, 5.74) is 2.44. The Hall–Kier alpha value is -1.97. The Morgan fingerprint density at radius 2 is 1.85 bits per heavy atom. The lowest BCUT2D eigenvalue weighted by molar-refractivity contribution is 0.108. The number of halogens is 2. The Labute approximate surface area is 125 Å². The van der Waals surface area contributed by atoms with Gasteiger partial charge in [-0.2, -0.15) is 0 Å². The number of benzene rings is 1. The van der Waals surface area contributed by atoms with Gasteiger partial charge in [-0.25, -0.2) is 4.98 Å². The van der Waals surface area contributed by atoms with Gasteiger partial charge in [-0.05, 0) is 35.9 Å². The molecule has 0 spiro atoms. The van der Waals surface area contributed by atoms with Crippen molar-refractivity contribution in [1.29, 1.82) is 0 Å². The molecule has 20 heavy (non-hydrogen) atoms. The number of nitrogens with zero attached hydrogens (tertiary/aromatic N) is 2. The number of para-hydroxylation sites is 1. The molecule has 2 aromatic heterocycles. The number of hydrogen-bond donors (Lipinski definition) is 0. The van der Waals surface area contributed by atoms with Crippen molar-refractivity contribution >= 4 is 39.3 Å². The van der Waals surface area contributed by atoms with E-state index in [4.69, 9.17) is 23.2 Å². The molecule has 1 aromatic carbocycles. The number of carbonyl (C=O) groups excluding carboxylic acids is 1. The van der Waals surface area contributed by atoms with E-state index in [1.165, 1.54) is 0 Å². The monoisotopic (exact) mass is 302 g/mol. The average Bonchev–Trinajstić information content (AvgIpc) is 2.47. The molecular formula is C15H8Cl2N2O. The molecule has 0 N–H and O–H groups in total. The fourth-order valence-corrected chi connectivity index (χ4v) is 2.42. The summed E-state index contributed by atoms with van der Waals surface area (Å²) in [5, 5.41) is 0.600. The van der Waals surface area contributed by atoms with E-state index in [0.717, 1.165) is 5.56 Å². The zero-order valence-electron chi connectivity index (χ0n) is 10.2. The maximum atomic E-state index is 11.6. The van der Waals surface area contributed by atoms with Gasteiger partial charge in [0.25, 0.3) is 5.24 Å². The topological polar surface area (TPSA) is 42.9 Å². The number of fused-ring (bicyclic) bond motifs is 1. The third-order valence-electron chi connectivity index (χ3n) is 2.98. The lowest BCUT2D eigenvalue weighted by Crippen LogP contribution is -1.96. The van der Waals surface area contributed by atoms with Crippen molar-refractivity contribution in [2.45, 2.75) is 0 Å². The van der Waals surface area contributed by atoms with Gasteiger partial charge in [0.2, 0.25) is 0 Å². The second-order valence-corrected chi connectivity index (χ2v) is 4.95. The highest BCUT2D eigenvalue weighted by molar-refractivity contribution is 6.68. The molecule has 0 bridgehead atoms. The summed E-state index contributed by atoms with van der Waals surface area (Å²) in [7, 11) is 0. The van der Waals surface area contributed by atoms with Gasteiger partial charge in [0.15, 0.2) is 0 Å². The molecule has 0 aliphatic carbocycles. The minimum Gasteiger partial charge on any atom is -0.276 e. The Bertz CT molecular complexity index is 804. The van der Waals surface area contributed by atoms with Crippen LogP contribution in [-0.2, 0) is 0 Å². The summed E-state index contributed by atoms with van der Waals surface area (Å²) in [6.45, 7) is 0. The Morgan fingerprint density at radius 1 is 1.10 bits per heavy atom. The Kier molecular flexibility index (Phi) is 3.38. The van der Waals surface area contributed by atoms with Gasteiger partial charge < -0.3 is 0 Å². The zero-order chi connectivity index (χ0) is 14.1. The molecule has 0 atom stereocenters. The summed E-state index contributed by atoms with van der Waals surface area (Å²) in [4.78, 5) is 20.1. The molecule has 3 nitrogen and oxygen atoms in total. The van der Waals surface area contributed by atoms with Crippen LogP contribution in [0.1, 0.15) is 10.4 Å². The maximum absolute atomic E-state index is 11.6. The molecule has 0 saturated carbocycles. The second kappa shape index (κ2) is 5.19. The van der Waals surface area contributed by atoms with E-state index in [9.17, 15) is 4.79 Å². The predicted molar refractivity (Wildman–Crippen MR) is 80.2 cm³/mol. The standard InChI is InChI=1S/C15H8Cl2N2O/c16-12-3-1-2-10-11(15(17)20)8-13(19-14(10)12)9-4-6-18-7-5-9/h1-8H. The molecular weight excluding hydrogens is 295 g/mol. The number of aromatic nitrogens is 2. The first-order chi connectivity index (χ1) is 9.66. The second-order valence-electron chi connectivity index (χ2n) is 4.20. The van der Waals surface area contributed by atoms with Crippen molar-refractivity contribution < 1.29 is 4.79 Å². The molecule has 3 rings (SSSR count). The minimum atomic E-state index is -0.532. The Morgan fingerprint density at radius 3 is 2.55 bits per heavy atom. The first kappa shape index (κ1) is 13.0. The van der Waals surface area contributed by atoms with E-state index in [1.54, 1.807) is 36.7 Å². The van der Waals surface area contributed by atoms with Crippen LogP contribution in [0.15, 0.2) is 48.8 Å². The number of rotatable bonds is 2. The average molecular weight is 303 g/mol. The summed E-state index contributed by atoms with van der Waals surface area (Å²) < 4.78 is 0. The van der Waals surface area contributed by atoms with Gasteiger partial charge in [-0.15, -0.1) is 0 Å². The molecule has 0 aliphatic rings. The van der Waals surface area contributed by atoms with Crippen LogP contribution in [0.4, 0.5) is 0 Å². The molecule has 0 amide bonds. The van der Waals surface area contributed by atoms with Crippen LogP contribution in [-0.4, -0.2) is 15.2 Å². The third-order valence-corrected chi connectivity index (χ3v) is 3.49. The number of carbonyl (C=O) groups is 1. The van der Waals surface area contributed by atoms with Crippen molar-refractivity contribution in [2.24, 2.45) is 0 Å². The van der Waals surface area contributed by atoms with E-state index in [2.05, 4.69) is 9.97 Å². The van der Waals surface area contributed by atoms with E-state index < -0.39 is 5.24 Å². The van der Waals surface area contributed by atoms with Crippen LogP contribution in [0.3, 0.4) is 0 Å². The lowest BCUT2D eigenvalue weighted by Gasteiger charge is -2.08. The number of pyridine rings is 2. The molecule has 0 unspecified atom stereocenters. The summed E-state index contributed by atoms with van der Waals surface area (Å²) in [6.07, 6.45) is 3.33. The molecule has 2 heterocycles. The first-order valence-corrected chi connectivity index (χ1v) is 6.62. The van der Waals surface area contributed by atoms with Gasteiger partial charge in [0, 0.05) is 28.9 Å². The van der Waals surface area contributed by atoms with Crippen LogP contribution in [0.2, 0.25) is 5.02 Å². The molecule has 98 valence electrons. The van der Waals surface area contributed by atoms with Gasteiger partial charge in [-0.1, -0.05) is 23.7 Å². The SMILES string of the molecule is O=C(Cl)c1cc(-c2ccncc2)nc2c(Cl)cccc12. The fourth-order valence-electron chi connectivity index (χ4n) is 2.05. The van der Waals surface area contributed by atoms with E-state index in [1.807, 2.05) is 12.1 Å². The smallest absolute Gasteiger partial charge is 0.253 e. The van der Waals surface area contributed by atoms with E-state index in [-0.39, 0.29) is 0 Å². The third kappa shape index (κ3) is 2.26. The summed E-state index contributed by atoms with van der Waals surface area (Å²) in [6, 6.07) is 10.6. The summed E-state index contributed by atoms with van der Waals surface area (Å²) >= 11 is 11.8. The van der Waals surface area contributed by atoms with Crippen LogP contribution >= 0.6 is 23.2 Å². The van der Waals surface area contributed by atoms with Crippen molar-refractivity contribution in [3.05, 3.63) is 59.4 Å². The predicted octanol–water partition coefficient (Wildman–Crippen LogP) is 4.33. The van der Waals surface area contributed by atoms with Crippen LogP contribution in [0.25, 0.3) is 22.2 Å². The molecule has 3 aromatic rings. The van der Waals surface area contributed by atoms with Crippen molar-refractivity contribution in [3.8, 4) is 11.3 Å². The molecule has 0 radical (unpaired) electrons. The van der Waals surface area contributed by atoms with Gasteiger partial charge in [0.1, 0.15) is 0 Å². The molecule has 5 heteroatoms. The van der Waals surface area contributed by atoms with Gasteiger partial charge in [0.05, 0.1) is 16.2 Å². The molecule has 0 saturated heterocycles. The van der Waals surface area contributed by atoms with Gasteiger partial charge in [-0.3, -0.25) is 9.78 Å². The highest BCUT2D eigenvalue weighted by Gasteiger charge is 2.13. The largest absolute Gasteiger partial charge is 0.276 e. The van der Waals surface area contributed by atoms with Crippen molar-refractivity contribution in [3.63, 3.8) is 0 Å². The highest BCUT2D eigenvalue weighted by Crippen LogP contribution is 2.29. The quantitative estimate of drug-likeness (QED) is 0.662. The van der Waals surface area contributed by atoms with E-state index >= 15 is 0 Å².